The summed E-state index contributed by atoms with van der Waals surface area (Å²) in [5, 5.41) is 9.53. The first-order chi connectivity index (χ1) is 8.29. The van der Waals surface area contributed by atoms with Crippen molar-refractivity contribution < 1.29 is 18.1 Å². The van der Waals surface area contributed by atoms with Gasteiger partial charge in [-0.1, -0.05) is 0 Å². The molecule has 5 nitrogen and oxygen atoms in total. The van der Waals surface area contributed by atoms with E-state index in [2.05, 4.69) is 4.98 Å². The summed E-state index contributed by atoms with van der Waals surface area (Å²) in [5.41, 5.74) is -2.03. The number of alkyl halides is 3. The van der Waals surface area contributed by atoms with Gasteiger partial charge in [0.2, 0.25) is 0 Å². The van der Waals surface area contributed by atoms with Crippen LogP contribution in [0.3, 0.4) is 0 Å². The fraction of sp³-hybridized carbons (Fsp3) is 0.111. The molecule has 2 rings (SSSR count). The van der Waals surface area contributed by atoms with E-state index in [0.29, 0.717) is 17.4 Å². The van der Waals surface area contributed by atoms with Gasteiger partial charge in [-0.05, 0) is 34.5 Å². The zero-order valence-electron chi connectivity index (χ0n) is 8.39. The van der Waals surface area contributed by atoms with Gasteiger partial charge in [0.05, 0.1) is 15.6 Å². The molecule has 0 fully saturated rings. The Morgan fingerprint density at radius 2 is 2.00 bits per heavy atom. The Labute approximate surface area is 101 Å². The highest BCUT2D eigenvalue weighted by molar-refractivity contribution is 7.21. The minimum atomic E-state index is -4.58. The monoisotopic (exact) mass is 276 g/mol. The van der Waals surface area contributed by atoms with Crippen LogP contribution >= 0.6 is 11.3 Å². The van der Waals surface area contributed by atoms with Gasteiger partial charge in [-0.3, -0.25) is 0 Å². The average Bonchev–Trinajstić information content (AvgIpc) is 2.27. The first-order valence-electron chi connectivity index (χ1n) is 4.45. The van der Waals surface area contributed by atoms with Crippen LogP contribution in [0.2, 0.25) is 0 Å². The van der Waals surface area contributed by atoms with Crippen molar-refractivity contribution in [2.24, 2.45) is 0 Å². The number of halogens is 3. The van der Waals surface area contributed by atoms with E-state index in [9.17, 15) is 28.1 Å². The van der Waals surface area contributed by atoms with E-state index >= 15 is 0 Å². The van der Waals surface area contributed by atoms with Crippen LogP contribution in [0.4, 0.5) is 18.3 Å². The van der Waals surface area contributed by atoms with Gasteiger partial charge in [0.15, 0.2) is 0 Å². The Bertz CT molecular complexity index is 695. The van der Waals surface area contributed by atoms with Crippen LogP contribution in [0.1, 0.15) is 5.56 Å². The smallest absolute Gasteiger partial charge is 0.357 e. The summed E-state index contributed by atoms with van der Waals surface area (Å²) in [7, 11) is 0. The van der Waals surface area contributed by atoms with Gasteiger partial charge in [0.1, 0.15) is 0 Å². The standard InChI is InChI=1S/C9H3F3N2O3S/c10-9(11,12)4-1-2-6-5(3-4)7(15)13-8(18-6)14(16)17/h1-3H. The van der Waals surface area contributed by atoms with Crippen molar-refractivity contribution in [2.45, 2.75) is 6.18 Å². The normalized spacial score (nSPS) is 11.7. The summed E-state index contributed by atoms with van der Waals surface area (Å²) in [6, 6.07) is 2.44. The quantitative estimate of drug-likeness (QED) is 0.592. The van der Waals surface area contributed by atoms with Crippen molar-refractivity contribution in [2.75, 3.05) is 0 Å². The molecule has 1 heterocycles. The van der Waals surface area contributed by atoms with Crippen LogP contribution in [0, 0.1) is 10.1 Å². The number of rotatable bonds is 1. The summed E-state index contributed by atoms with van der Waals surface area (Å²) in [5.74, 6) is 0. The Morgan fingerprint density at radius 3 is 2.56 bits per heavy atom. The maximum atomic E-state index is 12.4. The zero-order valence-corrected chi connectivity index (χ0v) is 9.21. The minimum absolute atomic E-state index is 0.0923. The number of fused-ring (bicyclic) bond motifs is 1. The topological polar surface area (TPSA) is 73.1 Å². The van der Waals surface area contributed by atoms with Crippen LogP contribution in [-0.4, -0.2) is 9.91 Å². The van der Waals surface area contributed by atoms with Crippen molar-refractivity contribution in [3.05, 3.63) is 44.2 Å². The zero-order chi connectivity index (χ0) is 13.5. The lowest BCUT2D eigenvalue weighted by molar-refractivity contribution is -0.384. The van der Waals surface area contributed by atoms with E-state index in [1.165, 1.54) is 0 Å². The second-order valence-electron chi connectivity index (χ2n) is 3.27. The summed E-state index contributed by atoms with van der Waals surface area (Å²) < 4.78 is 37.4. The third kappa shape index (κ3) is 2.16. The van der Waals surface area contributed by atoms with E-state index in [4.69, 9.17) is 0 Å². The molecule has 0 amide bonds. The van der Waals surface area contributed by atoms with Gasteiger partial charge in [0, 0.05) is 4.98 Å². The van der Waals surface area contributed by atoms with Crippen molar-refractivity contribution in [1.82, 2.24) is 4.98 Å². The van der Waals surface area contributed by atoms with Gasteiger partial charge >= 0.3 is 16.9 Å². The third-order valence-electron chi connectivity index (χ3n) is 2.09. The Kier molecular flexibility index (Phi) is 2.77. The van der Waals surface area contributed by atoms with Gasteiger partial charge in [-0.2, -0.15) is 13.2 Å². The number of benzene rings is 1. The number of nitrogens with zero attached hydrogens (tertiary/aromatic N) is 2. The van der Waals surface area contributed by atoms with Gasteiger partial charge in [-0.15, -0.1) is 0 Å². The Hall–Kier alpha value is -2.03. The molecule has 0 bridgehead atoms. The molecule has 0 aliphatic carbocycles. The number of hydrogen-bond acceptors (Lipinski definition) is 5. The lowest BCUT2D eigenvalue weighted by Crippen LogP contribution is -2.10. The average molecular weight is 276 g/mol. The van der Waals surface area contributed by atoms with Crippen molar-refractivity contribution >= 4 is 26.6 Å². The molecule has 18 heavy (non-hydrogen) atoms. The van der Waals surface area contributed by atoms with E-state index < -0.39 is 27.4 Å². The van der Waals surface area contributed by atoms with Crippen LogP contribution in [-0.2, 0) is 6.18 Å². The first kappa shape index (κ1) is 12.4. The predicted molar refractivity (Wildman–Crippen MR) is 57.5 cm³/mol. The molecule has 0 saturated heterocycles. The first-order valence-corrected chi connectivity index (χ1v) is 5.27. The highest BCUT2D eigenvalue weighted by atomic mass is 32.1. The highest BCUT2D eigenvalue weighted by Crippen LogP contribution is 2.32. The van der Waals surface area contributed by atoms with E-state index in [1.54, 1.807) is 0 Å². The number of aromatic nitrogens is 1. The third-order valence-corrected chi connectivity index (χ3v) is 3.09. The molecule has 0 N–H and O–H groups in total. The molecule has 9 heteroatoms. The molecular weight excluding hydrogens is 273 g/mol. The van der Waals surface area contributed by atoms with Crippen molar-refractivity contribution in [3.63, 3.8) is 0 Å². The van der Waals surface area contributed by atoms with Crippen molar-refractivity contribution in [3.8, 4) is 0 Å². The Morgan fingerprint density at radius 1 is 1.33 bits per heavy atom. The van der Waals surface area contributed by atoms with Gasteiger partial charge in [0.25, 0.3) is 0 Å². The molecule has 0 atom stereocenters. The van der Waals surface area contributed by atoms with Crippen LogP contribution < -0.4 is 5.56 Å². The minimum Gasteiger partial charge on any atom is -0.357 e. The number of hydrogen-bond donors (Lipinski definition) is 0. The number of nitro groups is 1. The second kappa shape index (κ2) is 4.02. The van der Waals surface area contributed by atoms with E-state index in [1.807, 2.05) is 0 Å². The largest absolute Gasteiger partial charge is 0.427 e. The molecule has 0 unspecified atom stereocenters. The molecule has 2 aromatic rings. The van der Waals surface area contributed by atoms with Gasteiger partial charge in [-0.25, -0.2) is 4.79 Å². The molecule has 1 aromatic carbocycles. The predicted octanol–water partition coefficient (Wildman–Crippen LogP) is 2.58. The molecule has 0 aliphatic heterocycles. The maximum absolute atomic E-state index is 12.4. The van der Waals surface area contributed by atoms with E-state index in [-0.39, 0.29) is 10.1 Å². The fourth-order valence-electron chi connectivity index (χ4n) is 1.31. The van der Waals surface area contributed by atoms with Crippen molar-refractivity contribution in [1.29, 1.82) is 0 Å². The van der Waals surface area contributed by atoms with Crippen LogP contribution in [0.25, 0.3) is 10.1 Å². The van der Waals surface area contributed by atoms with Crippen LogP contribution in [0.15, 0.2) is 23.0 Å². The highest BCUT2D eigenvalue weighted by Gasteiger charge is 2.31. The Balaban J connectivity index is 2.74. The lowest BCUT2D eigenvalue weighted by atomic mass is 10.2. The molecule has 0 spiro atoms. The van der Waals surface area contributed by atoms with E-state index in [0.717, 1.165) is 12.1 Å². The summed E-state index contributed by atoms with van der Waals surface area (Å²) in [6.45, 7) is 0. The molecule has 0 saturated carbocycles. The molecule has 0 radical (unpaired) electrons. The molecule has 94 valence electrons. The summed E-state index contributed by atoms with van der Waals surface area (Å²) in [6.07, 6.45) is -4.58. The van der Waals surface area contributed by atoms with Gasteiger partial charge < -0.3 is 10.1 Å². The molecule has 0 aliphatic rings. The summed E-state index contributed by atoms with van der Waals surface area (Å²) in [4.78, 5) is 24.1. The molecular formula is C9H3F3N2O3S. The lowest BCUT2D eigenvalue weighted by Gasteiger charge is -2.05. The SMILES string of the molecule is O=c1nc([N+](=O)[O-])sc2ccc(C(F)(F)F)cc12. The van der Waals surface area contributed by atoms with Crippen LogP contribution in [0.5, 0.6) is 0 Å². The maximum Gasteiger partial charge on any atom is 0.427 e. The molecule has 1 aromatic heterocycles. The fourth-order valence-corrected chi connectivity index (χ4v) is 2.10. The summed E-state index contributed by atoms with van der Waals surface area (Å²) >= 11 is 0.551. The second-order valence-corrected chi connectivity index (χ2v) is 4.28.